The van der Waals surface area contributed by atoms with Crippen molar-refractivity contribution in [2.24, 2.45) is 0 Å². The summed E-state index contributed by atoms with van der Waals surface area (Å²) in [6, 6.07) is 10.1. The van der Waals surface area contributed by atoms with Gasteiger partial charge >= 0.3 is 5.97 Å². The lowest BCUT2D eigenvalue weighted by atomic mass is 9.90. The van der Waals surface area contributed by atoms with Crippen molar-refractivity contribution in [3.05, 3.63) is 35.9 Å². The second-order valence-electron chi connectivity index (χ2n) is 4.33. The number of hydrogen-bond donors (Lipinski definition) is 2. The fourth-order valence-electron chi connectivity index (χ4n) is 2.11. The second kappa shape index (κ2) is 3.66. The van der Waals surface area contributed by atoms with Gasteiger partial charge in [-0.1, -0.05) is 30.3 Å². The third kappa shape index (κ3) is 1.88. The lowest BCUT2D eigenvalue weighted by Crippen LogP contribution is -2.44. The van der Waals surface area contributed by atoms with Crippen molar-refractivity contribution < 1.29 is 9.90 Å². The maximum atomic E-state index is 11.0. The van der Waals surface area contributed by atoms with Crippen molar-refractivity contribution in [3.8, 4) is 0 Å². The molecule has 0 spiro atoms. The highest BCUT2D eigenvalue weighted by atomic mass is 16.4. The number of carboxylic acid groups (broad SMARTS) is 1. The van der Waals surface area contributed by atoms with Crippen LogP contribution < -0.4 is 5.32 Å². The molecule has 0 aromatic heterocycles. The minimum absolute atomic E-state index is 0.312. The van der Waals surface area contributed by atoms with Gasteiger partial charge in [-0.25, -0.2) is 0 Å². The molecule has 80 valence electrons. The largest absolute Gasteiger partial charge is 0.480 e. The van der Waals surface area contributed by atoms with E-state index in [1.54, 1.807) is 6.92 Å². The number of nitrogens with one attached hydrogen (secondary N) is 1. The number of carbonyl (C=O) groups is 1. The molecule has 1 aliphatic heterocycles. The minimum atomic E-state index is -0.763. The molecule has 3 heteroatoms. The number of benzene rings is 1. The van der Waals surface area contributed by atoms with Crippen molar-refractivity contribution in [1.29, 1.82) is 0 Å². The van der Waals surface area contributed by atoms with Gasteiger partial charge in [0.05, 0.1) is 0 Å². The standard InChI is InChI=1S/C12H15NO2/c1-12(11(14)15)7-10(8-13-12)9-5-3-2-4-6-9/h2-6,10,13H,7-8H2,1H3,(H,14,15)/t10?,12-/m0/s1. The molecule has 2 rings (SSSR count). The highest BCUT2D eigenvalue weighted by Gasteiger charge is 2.41. The van der Waals surface area contributed by atoms with Gasteiger partial charge in [0.2, 0.25) is 0 Å². The average molecular weight is 205 g/mol. The van der Waals surface area contributed by atoms with E-state index >= 15 is 0 Å². The first kappa shape index (κ1) is 10.2. The summed E-state index contributed by atoms with van der Waals surface area (Å²) in [6.45, 7) is 2.49. The van der Waals surface area contributed by atoms with E-state index in [2.05, 4.69) is 17.4 Å². The van der Waals surface area contributed by atoms with Crippen LogP contribution >= 0.6 is 0 Å². The molecule has 2 N–H and O–H groups in total. The Bertz CT molecular complexity index is 363. The van der Waals surface area contributed by atoms with Gasteiger partial charge in [-0.05, 0) is 24.8 Å². The quantitative estimate of drug-likeness (QED) is 0.771. The Kier molecular flexibility index (Phi) is 2.49. The van der Waals surface area contributed by atoms with Crippen molar-refractivity contribution in [1.82, 2.24) is 5.32 Å². The topological polar surface area (TPSA) is 49.3 Å². The Morgan fingerprint density at radius 3 is 2.67 bits per heavy atom. The van der Waals surface area contributed by atoms with Gasteiger partial charge in [0.15, 0.2) is 0 Å². The van der Waals surface area contributed by atoms with E-state index in [0.717, 1.165) is 6.54 Å². The Morgan fingerprint density at radius 1 is 1.47 bits per heavy atom. The van der Waals surface area contributed by atoms with Gasteiger partial charge in [0.1, 0.15) is 5.54 Å². The predicted molar refractivity (Wildman–Crippen MR) is 57.8 cm³/mol. The van der Waals surface area contributed by atoms with Crippen LogP contribution in [0, 0.1) is 0 Å². The maximum Gasteiger partial charge on any atom is 0.323 e. The lowest BCUT2D eigenvalue weighted by Gasteiger charge is -2.18. The first-order valence-electron chi connectivity index (χ1n) is 5.15. The summed E-state index contributed by atoms with van der Waals surface area (Å²) in [5.74, 6) is -0.451. The van der Waals surface area contributed by atoms with Crippen molar-refractivity contribution in [2.75, 3.05) is 6.54 Å². The smallest absolute Gasteiger partial charge is 0.323 e. The van der Waals surface area contributed by atoms with E-state index < -0.39 is 11.5 Å². The molecule has 2 atom stereocenters. The molecular weight excluding hydrogens is 190 g/mol. The molecule has 1 unspecified atom stereocenters. The Morgan fingerprint density at radius 2 is 2.13 bits per heavy atom. The van der Waals surface area contributed by atoms with E-state index in [4.69, 9.17) is 5.11 Å². The number of hydrogen-bond acceptors (Lipinski definition) is 2. The molecule has 1 aromatic carbocycles. The van der Waals surface area contributed by atoms with E-state index in [-0.39, 0.29) is 0 Å². The van der Waals surface area contributed by atoms with Gasteiger partial charge in [-0.2, -0.15) is 0 Å². The summed E-state index contributed by atoms with van der Waals surface area (Å²) in [6.07, 6.45) is 0.659. The van der Waals surface area contributed by atoms with Gasteiger partial charge < -0.3 is 10.4 Å². The molecule has 1 saturated heterocycles. The molecule has 0 radical (unpaired) electrons. The van der Waals surface area contributed by atoms with Crippen LogP contribution in [-0.4, -0.2) is 23.2 Å². The molecule has 0 amide bonds. The molecule has 1 aromatic rings. The van der Waals surface area contributed by atoms with Crippen LogP contribution in [0.2, 0.25) is 0 Å². The first-order chi connectivity index (χ1) is 7.12. The van der Waals surface area contributed by atoms with Crippen molar-refractivity contribution >= 4 is 5.97 Å². The van der Waals surface area contributed by atoms with Crippen LogP contribution in [0.15, 0.2) is 30.3 Å². The zero-order valence-corrected chi connectivity index (χ0v) is 8.73. The Hall–Kier alpha value is -1.35. The predicted octanol–water partition coefficient (Wildman–Crippen LogP) is 1.61. The molecule has 1 fully saturated rings. The van der Waals surface area contributed by atoms with Crippen LogP contribution in [0.1, 0.15) is 24.8 Å². The molecule has 1 heterocycles. The second-order valence-corrected chi connectivity index (χ2v) is 4.33. The molecule has 0 aliphatic carbocycles. The highest BCUT2D eigenvalue weighted by molar-refractivity contribution is 5.79. The number of rotatable bonds is 2. The van der Waals surface area contributed by atoms with E-state index in [0.29, 0.717) is 12.3 Å². The zero-order valence-electron chi connectivity index (χ0n) is 8.73. The van der Waals surface area contributed by atoms with Gasteiger partial charge in [0, 0.05) is 6.54 Å². The fraction of sp³-hybridized carbons (Fsp3) is 0.417. The first-order valence-corrected chi connectivity index (χ1v) is 5.15. The normalized spacial score (nSPS) is 30.3. The fourth-order valence-corrected chi connectivity index (χ4v) is 2.11. The van der Waals surface area contributed by atoms with Crippen LogP contribution in [-0.2, 0) is 4.79 Å². The van der Waals surface area contributed by atoms with Gasteiger partial charge in [0.25, 0.3) is 0 Å². The van der Waals surface area contributed by atoms with Crippen molar-refractivity contribution in [3.63, 3.8) is 0 Å². The molecule has 0 bridgehead atoms. The third-order valence-electron chi connectivity index (χ3n) is 3.14. The summed E-state index contributed by atoms with van der Waals surface area (Å²) in [5, 5.41) is 12.2. The van der Waals surface area contributed by atoms with Crippen molar-refractivity contribution in [2.45, 2.75) is 24.8 Å². The maximum absolute atomic E-state index is 11.0. The molecule has 0 saturated carbocycles. The number of aliphatic carboxylic acids is 1. The summed E-state index contributed by atoms with van der Waals surface area (Å²) < 4.78 is 0. The number of carboxylic acids is 1. The van der Waals surface area contributed by atoms with Crippen LogP contribution in [0.3, 0.4) is 0 Å². The molecular formula is C12H15NO2. The SMILES string of the molecule is C[C@@]1(C(=O)O)CC(c2ccccc2)CN1. The van der Waals surface area contributed by atoms with Gasteiger partial charge in [-0.3, -0.25) is 4.79 Å². The molecule has 3 nitrogen and oxygen atoms in total. The Balaban J connectivity index is 2.14. The van der Waals surface area contributed by atoms with Gasteiger partial charge in [-0.15, -0.1) is 0 Å². The molecule has 1 aliphatic rings. The summed E-state index contributed by atoms with van der Waals surface area (Å²) >= 11 is 0. The Labute approximate surface area is 89.1 Å². The third-order valence-corrected chi connectivity index (χ3v) is 3.14. The van der Waals surface area contributed by atoms with E-state index in [1.807, 2.05) is 18.2 Å². The summed E-state index contributed by atoms with van der Waals surface area (Å²) in [5.41, 5.74) is 0.454. The monoisotopic (exact) mass is 205 g/mol. The zero-order chi connectivity index (χ0) is 10.9. The van der Waals surface area contributed by atoms with Crippen LogP contribution in [0.4, 0.5) is 0 Å². The average Bonchev–Trinajstić information content (AvgIpc) is 2.64. The van der Waals surface area contributed by atoms with E-state index in [9.17, 15) is 4.79 Å². The summed E-state index contributed by atoms with van der Waals surface area (Å²) in [4.78, 5) is 11.0. The minimum Gasteiger partial charge on any atom is -0.480 e. The van der Waals surface area contributed by atoms with Crippen LogP contribution in [0.5, 0.6) is 0 Å². The lowest BCUT2D eigenvalue weighted by molar-refractivity contribution is -0.143. The molecule has 15 heavy (non-hydrogen) atoms. The summed E-state index contributed by atoms with van der Waals surface area (Å²) in [7, 11) is 0. The van der Waals surface area contributed by atoms with Crippen LogP contribution in [0.25, 0.3) is 0 Å². The van der Waals surface area contributed by atoms with E-state index in [1.165, 1.54) is 5.56 Å². The highest BCUT2D eigenvalue weighted by Crippen LogP contribution is 2.31.